The topological polar surface area (TPSA) is 231 Å². The van der Waals surface area contributed by atoms with Crippen LogP contribution < -0.4 is 0 Å². The number of ether oxygens (including phenoxy) is 3. The Bertz CT molecular complexity index is 2000. The molecule has 0 aliphatic heterocycles. The van der Waals surface area contributed by atoms with Gasteiger partial charge in [-0.2, -0.15) is 0 Å². The molecule has 0 rings (SSSR count). The number of aliphatic hydroxyl groups excluding tert-OH is 2. The van der Waals surface area contributed by atoms with Crippen molar-refractivity contribution in [2.24, 2.45) is 0 Å². The molecule has 83 heavy (non-hydrogen) atoms. The third-order valence-corrected chi connectivity index (χ3v) is 14.1. The number of carbonyl (C=O) groups excluding carboxylic acids is 3. The maximum Gasteiger partial charge on any atom is 0.472 e. The van der Waals surface area contributed by atoms with Gasteiger partial charge in [-0.25, -0.2) is 9.13 Å². The van der Waals surface area contributed by atoms with E-state index in [0.717, 1.165) is 128 Å². The Labute approximate surface area is 500 Å². The van der Waals surface area contributed by atoms with Crippen LogP contribution in [0.3, 0.4) is 0 Å². The van der Waals surface area contributed by atoms with Crippen molar-refractivity contribution >= 4 is 33.6 Å². The van der Waals surface area contributed by atoms with Gasteiger partial charge in [0.15, 0.2) is 6.10 Å². The van der Waals surface area contributed by atoms with E-state index in [9.17, 15) is 43.5 Å². The second kappa shape index (κ2) is 58.3. The van der Waals surface area contributed by atoms with Gasteiger partial charge in [0, 0.05) is 19.3 Å². The average molecular weight is 1210 g/mol. The van der Waals surface area contributed by atoms with Gasteiger partial charge in [0.2, 0.25) is 0 Å². The number of allylic oxidation sites excluding steroid dienone is 20. The molecule has 16 nitrogen and oxygen atoms in total. The van der Waals surface area contributed by atoms with Gasteiger partial charge in [-0.05, 0) is 122 Å². The number of hydrogen-bond acceptors (Lipinski definition) is 14. The summed E-state index contributed by atoms with van der Waals surface area (Å²) >= 11 is 0. The van der Waals surface area contributed by atoms with Gasteiger partial charge < -0.3 is 34.2 Å². The van der Waals surface area contributed by atoms with E-state index >= 15 is 0 Å². The molecule has 0 heterocycles. The minimum atomic E-state index is -4.93. The van der Waals surface area contributed by atoms with Crippen molar-refractivity contribution in [2.45, 2.75) is 232 Å². The molecule has 0 saturated carbocycles. The van der Waals surface area contributed by atoms with Crippen LogP contribution in [0.4, 0.5) is 0 Å². The summed E-state index contributed by atoms with van der Waals surface area (Å²) in [5, 5.41) is 20.5. The minimum absolute atomic E-state index is 0.0799. The van der Waals surface area contributed by atoms with Crippen molar-refractivity contribution in [3.8, 4) is 0 Å². The Morgan fingerprint density at radius 3 is 1.06 bits per heavy atom. The van der Waals surface area contributed by atoms with E-state index in [4.69, 9.17) is 32.3 Å². The molecule has 0 spiro atoms. The van der Waals surface area contributed by atoms with Crippen molar-refractivity contribution in [1.29, 1.82) is 0 Å². The molecule has 0 aromatic carbocycles. The maximum atomic E-state index is 12.9. The molecule has 0 aromatic rings. The molecule has 0 aliphatic carbocycles. The lowest BCUT2D eigenvalue weighted by Gasteiger charge is -2.21. The van der Waals surface area contributed by atoms with Gasteiger partial charge >= 0.3 is 33.6 Å². The lowest BCUT2D eigenvalue weighted by Crippen LogP contribution is -2.30. The quantitative estimate of drug-likeness (QED) is 0.0146. The first kappa shape index (κ1) is 79.0. The van der Waals surface area contributed by atoms with E-state index in [1.807, 2.05) is 12.2 Å². The normalized spacial score (nSPS) is 15.2. The van der Waals surface area contributed by atoms with Crippen LogP contribution >= 0.6 is 15.6 Å². The molecule has 0 radical (unpaired) electrons. The zero-order valence-corrected chi connectivity index (χ0v) is 52.6. The number of esters is 3. The third-order valence-electron chi connectivity index (χ3n) is 12.2. The van der Waals surface area contributed by atoms with Crippen LogP contribution in [0.15, 0.2) is 122 Å². The molecule has 0 amide bonds. The summed E-state index contributed by atoms with van der Waals surface area (Å²) in [6.45, 7) is 2.27. The third kappa shape index (κ3) is 59.5. The smallest absolute Gasteiger partial charge is 0.463 e. The lowest BCUT2D eigenvalue weighted by molar-refractivity contribution is -0.161. The predicted octanol–water partition coefficient (Wildman–Crippen LogP) is 16.3. The Balaban J connectivity index is 4.79. The van der Waals surface area contributed by atoms with Gasteiger partial charge in [0.05, 0.1) is 26.4 Å². The number of hydrogen-bond donors (Lipinski definition) is 4. The monoisotopic (exact) mass is 1210 g/mol. The largest absolute Gasteiger partial charge is 0.472 e. The molecule has 5 atom stereocenters. The zero-order valence-electron chi connectivity index (χ0n) is 50.8. The molecule has 4 N–H and O–H groups in total. The lowest BCUT2D eigenvalue weighted by atomic mass is 10.1. The molecule has 18 heteroatoms. The van der Waals surface area contributed by atoms with Crippen LogP contribution in [-0.2, 0) is 55.8 Å². The van der Waals surface area contributed by atoms with Crippen molar-refractivity contribution in [3.63, 3.8) is 0 Å². The van der Waals surface area contributed by atoms with E-state index in [1.165, 1.54) is 19.3 Å². The number of rotatable bonds is 57. The standard InChI is InChI=1S/C65H108O16P2/c1-4-7-10-13-16-19-22-25-28-29-32-34-36-39-42-45-48-51-63(68)75-54-60(66)55-77-82(71,72)78-56-61(67)57-79-83(73,74)80-59-62(81-65(70)53-50-47-44-41-38-35-31-27-24-21-18-15-12-9-6-3)58-76-64(69)52-49-46-43-40-37-33-30-26-23-20-17-14-11-8-5-2/h7-8,10-11,16-21,25-28,30-32,34,39,42,60-62,66-67H,4-6,9,12-15,22-24,29,33,35-38,40-41,43-59H2,1-3H3,(H,71,72)(H,73,74)/b10-7-,11-8-,19-16-,20-17-,21-18-,28-25-,30-26-,31-27-,34-32-,42-39-. The molecular formula is C65H108O16P2. The van der Waals surface area contributed by atoms with Gasteiger partial charge in [-0.3, -0.25) is 32.5 Å². The average Bonchev–Trinajstić information content (AvgIpc) is 3.47. The summed E-state index contributed by atoms with van der Waals surface area (Å²) in [4.78, 5) is 58.1. The van der Waals surface area contributed by atoms with Crippen LogP contribution in [0.1, 0.15) is 213 Å². The fourth-order valence-corrected chi connectivity index (χ4v) is 9.06. The first-order chi connectivity index (χ1) is 40.2. The Hall–Kier alpha value is -4.05. The zero-order chi connectivity index (χ0) is 61.0. The Morgan fingerprint density at radius 2 is 0.651 bits per heavy atom. The summed E-state index contributed by atoms with van der Waals surface area (Å²) in [5.41, 5.74) is 0. The highest BCUT2D eigenvalue weighted by molar-refractivity contribution is 7.47. The van der Waals surface area contributed by atoms with E-state index in [2.05, 4.69) is 130 Å². The van der Waals surface area contributed by atoms with Crippen LogP contribution in [0, 0.1) is 0 Å². The van der Waals surface area contributed by atoms with Crippen molar-refractivity contribution in [3.05, 3.63) is 122 Å². The van der Waals surface area contributed by atoms with Crippen LogP contribution in [0.25, 0.3) is 0 Å². The molecule has 0 bridgehead atoms. The first-order valence-electron chi connectivity index (χ1n) is 30.8. The fraction of sp³-hybridized carbons (Fsp3) is 0.646. The van der Waals surface area contributed by atoms with Crippen molar-refractivity contribution in [1.82, 2.24) is 0 Å². The number of phosphoric ester groups is 2. The Morgan fingerprint density at radius 1 is 0.349 bits per heavy atom. The van der Waals surface area contributed by atoms with Gasteiger partial charge in [0.1, 0.15) is 25.4 Å². The van der Waals surface area contributed by atoms with E-state index < -0.39 is 91.5 Å². The molecule has 0 aliphatic rings. The minimum Gasteiger partial charge on any atom is -0.463 e. The Kier molecular flexibility index (Phi) is 55.5. The number of carbonyl (C=O) groups is 3. The van der Waals surface area contributed by atoms with Gasteiger partial charge in [0.25, 0.3) is 0 Å². The highest BCUT2D eigenvalue weighted by atomic mass is 31.2. The number of aliphatic hydroxyl groups is 2. The summed E-state index contributed by atoms with van der Waals surface area (Å²) in [6, 6.07) is 0. The predicted molar refractivity (Wildman–Crippen MR) is 334 cm³/mol. The highest BCUT2D eigenvalue weighted by Crippen LogP contribution is 2.45. The van der Waals surface area contributed by atoms with Gasteiger partial charge in [-0.1, -0.05) is 194 Å². The molecule has 5 unspecified atom stereocenters. The molecule has 0 saturated heterocycles. The van der Waals surface area contributed by atoms with Gasteiger partial charge in [-0.15, -0.1) is 0 Å². The van der Waals surface area contributed by atoms with Crippen LogP contribution in [0.2, 0.25) is 0 Å². The molecule has 474 valence electrons. The van der Waals surface area contributed by atoms with E-state index in [0.29, 0.717) is 25.7 Å². The summed E-state index contributed by atoms with van der Waals surface area (Å²) in [7, 11) is -9.80. The van der Waals surface area contributed by atoms with Crippen LogP contribution in [0.5, 0.6) is 0 Å². The number of unbranched alkanes of at least 4 members (excludes halogenated alkanes) is 14. The van der Waals surface area contributed by atoms with E-state index in [-0.39, 0.29) is 19.3 Å². The SMILES string of the molecule is CC/C=C\C/C=C\C/C=C\C/C=C\C/C=C\CCCC(=O)OCC(O)COP(=O)(O)OCC(O)COP(=O)(O)OCC(COC(=O)CCCCCCC/C=C\C/C=C\C/C=C\CC)OC(=O)CCCCCCC/C=C\C/C=C\CCCCC. The highest BCUT2D eigenvalue weighted by Gasteiger charge is 2.29. The van der Waals surface area contributed by atoms with Crippen molar-refractivity contribution < 1.29 is 75.8 Å². The maximum absolute atomic E-state index is 12.9. The number of phosphoric acid groups is 2. The summed E-state index contributed by atoms with van der Waals surface area (Å²) in [5.74, 6) is -1.68. The van der Waals surface area contributed by atoms with E-state index in [1.54, 1.807) is 0 Å². The molecule has 0 aromatic heterocycles. The fourth-order valence-electron chi connectivity index (χ4n) is 7.47. The summed E-state index contributed by atoms with van der Waals surface area (Å²) < 4.78 is 60.6. The molecule has 0 fully saturated rings. The second-order valence-corrected chi connectivity index (χ2v) is 23.0. The van der Waals surface area contributed by atoms with Crippen molar-refractivity contribution in [2.75, 3.05) is 39.6 Å². The summed E-state index contributed by atoms with van der Waals surface area (Å²) in [6.07, 6.45) is 64.1. The second-order valence-electron chi connectivity index (χ2n) is 20.1. The first-order valence-corrected chi connectivity index (χ1v) is 33.8. The molecular weight excluding hydrogens is 1100 g/mol. The van der Waals surface area contributed by atoms with Crippen LogP contribution in [-0.4, -0.2) is 95.9 Å².